The van der Waals surface area contributed by atoms with E-state index in [-0.39, 0.29) is 5.91 Å². The molecule has 2 atom stereocenters. The minimum absolute atomic E-state index is 0.0166. The van der Waals surface area contributed by atoms with Crippen LogP contribution in [0.25, 0.3) is 10.9 Å². The highest BCUT2D eigenvalue weighted by Crippen LogP contribution is 2.28. The summed E-state index contributed by atoms with van der Waals surface area (Å²) in [6.45, 7) is 0. The van der Waals surface area contributed by atoms with Crippen LogP contribution >= 0.6 is 11.8 Å². The fraction of sp³-hybridized carbons (Fsp3) is 0.400. The van der Waals surface area contributed by atoms with Gasteiger partial charge < -0.3 is 10.3 Å². The summed E-state index contributed by atoms with van der Waals surface area (Å²) in [7, 11) is 0. The van der Waals surface area contributed by atoms with E-state index >= 15 is 0 Å². The molecule has 0 radical (unpaired) electrons. The van der Waals surface area contributed by atoms with Gasteiger partial charge in [0.1, 0.15) is 5.69 Å². The summed E-state index contributed by atoms with van der Waals surface area (Å²) in [5, 5.41) is 4.92. The summed E-state index contributed by atoms with van der Waals surface area (Å²) >= 11 is 1.90. The van der Waals surface area contributed by atoms with Crippen LogP contribution in [0.3, 0.4) is 0 Å². The molecular formula is C15H18N2OS. The first-order chi connectivity index (χ1) is 9.26. The van der Waals surface area contributed by atoms with Gasteiger partial charge in [0.25, 0.3) is 5.91 Å². The molecule has 0 bridgehead atoms. The zero-order valence-corrected chi connectivity index (χ0v) is 11.8. The van der Waals surface area contributed by atoms with Crippen LogP contribution in [0.2, 0.25) is 0 Å². The Kier molecular flexibility index (Phi) is 3.51. The second-order valence-corrected chi connectivity index (χ2v) is 6.25. The molecule has 1 aromatic heterocycles. The van der Waals surface area contributed by atoms with E-state index < -0.39 is 0 Å². The number of H-pyrrole nitrogens is 1. The van der Waals surface area contributed by atoms with E-state index in [1.165, 1.54) is 6.42 Å². The first kappa shape index (κ1) is 12.6. The standard InChI is InChI=1S/C15H18N2OS/c1-19-12-7-6-11(9-12)16-15(18)14-8-10-4-2-3-5-13(10)17-14/h2-5,8,11-12,17H,6-7,9H2,1H3,(H,16,18). The van der Waals surface area contributed by atoms with Crippen molar-refractivity contribution in [3.05, 3.63) is 36.0 Å². The molecule has 1 aliphatic carbocycles. The lowest BCUT2D eigenvalue weighted by Crippen LogP contribution is -2.33. The largest absolute Gasteiger partial charge is 0.351 e. The molecule has 2 N–H and O–H groups in total. The average Bonchev–Trinajstić information content (AvgIpc) is 3.04. The Morgan fingerprint density at radius 3 is 2.95 bits per heavy atom. The van der Waals surface area contributed by atoms with E-state index in [1.807, 2.05) is 42.1 Å². The van der Waals surface area contributed by atoms with Crippen molar-refractivity contribution in [3.8, 4) is 0 Å². The van der Waals surface area contributed by atoms with Crippen LogP contribution in [0.4, 0.5) is 0 Å². The minimum atomic E-state index is 0.0166. The molecule has 1 amide bonds. The molecule has 1 fully saturated rings. The molecule has 0 spiro atoms. The van der Waals surface area contributed by atoms with Crippen LogP contribution in [-0.4, -0.2) is 28.4 Å². The van der Waals surface area contributed by atoms with E-state index in [0.29, 0.717) is 17.0 Å². The third kappa shape index (κ3) is 2.63. The number of aromatic nitrogens is 1. The molecule has 2 unspecified atom stereocenters. The fourth-order valence-electron chi connectivity index (χ4n) is 2.74. The van der Waals surface area contributed by atoms with Crippen molar-refractivity contribution in [1.29, 1.82) is 0 Å². The minimum Gasteiger partial charge on any atom is -0.351 e. The van der Waals surface area contributed by atoms with Crippen LogP contribution in [-0.2, 0) is 0 Å². The van der Waals surface area contributed by atoms with E-state index in [1.54, 1.807) is 0 Å². The maximum atomic E-state index is 12.2. The summed E-state index contributed by atoms with van der Waals surface area (Å²) < 4.78 is 0. The van der Waals surface area contributed by atoms with Gasteiger partial charge in [-0.05, 0) is 37.7 Å². The first-order valence-corrected chi connectivity index (χ1v) is 7.96. The lowest BCUT2D eigenvalue weighted by Gasteiger charge is -2.11. The van der Waals surface area contributed by atoms with Crippen molar-refractivity contribution in [3.63, 3.8) is 0 Å². The smallest absolute Gasteiger partial charge is 0.267 e. The van der Waals surface area contributed by atoms with Gasteiger partial charge in [-0.2, -0.15) is 11.8 Å². The number of benzene rings is 1. The molecule has 3 rings (SSSR count). The van der Waals surface area contributed by atoms with Crippen molar-refractivity contribution in [2.75, 3.05) is 6.26 Å². The van der Waals surface area contributed by atoms with E-state index in [4.69, 9.17) is 0 Å². The van der Waals surface area contributed by atoms with Crippen LogP contribution in [0.5, 0.6) is 0 Å². The van der Waals surface area contributed by atoms with Crippen molar-refractivity contribution in [1.82, 2.24) is 10.3 Å². The Balaban J connectivity index is 1.70. The summed E-state index contributed by atoms with van der Waals surface area (Å²) in [5.41, 5.74) is 1.68. The fourth-order valence-corrected chi connectivity index (χ4v) is 3.54. The van der Waals surface area contributed by atoms with Crippen LogP contribution < -0.4 is 5.32 Å². The number of fused-ring (bicyclic) bond motifs is 1. The second-order valence-electron chi connectivity index (χ2n) is 5.11. The molecule has 0 saturated heterocycles. The predicted octanol–water partition coefficient (Wildman–Crippen LogP) is 3.18. The monoisotopic (exact) mass is 274 g/mol. The third-order valence-corrected chi connectivity index (χ3v) is 4.92. The molecule has 1 aromatic carbocycles. The normalized spacial score (nSPS) is 22.8. The molecule has 1 heterocycles. The molecular weight excluding hydrogens is 256 g/mol. The number of amides is 1. The molecule has 3 nitrogen and oxygen atoms in total. The lowest BCUT2D eigenvalue weighted by molar-refractivity contribution is 0.0934. The summed E-state index contributed by atoms with van der Waals surface area (Å²) in [4.78, 5) is 15.4. The van der Waals surface area contributed by atoms with Gasteiger partial charge in [-0.1, -0.05) is 18.2 Å². The van der Waals surface area contributed by atoms with Gasteiger partial charge >= 0.3 is 0 Å². The molecule has 19 heavy (non-hydrogen) atoms. The Labute approximate surface area is 117 Å². The molecule has 100 valence electrons. The number of aromatic amines is 1. The second kappa shape index (κ2) is 5.29. The number of hydrogen-bond donors (Lipinski definition) is 2. The maximum Gasteiger partial charge on any atom is 0.267 e. The van der Waals surface area contributed by atoms with Gasteiger partial charge in [0.2, 0.25) is 0 Å². The Hall–Kier alpha value is -1.42. The van der Waals surface area contributed by atoms with E-state index in [2.05, 4.69) is 16.6 Å². The molecule has 0 aliphatic heterocycles. The lowest BCUT2D eigenvalue weighted by atomic mass is 10.2. The predicted molar refractivity (Wildman–Crippen MR) is 80.7 cm³/mol. The number of carbonyl (C=O) groups is 1. The summed E-state index contributed by atoms with van der Waals surface area (Å²) in [5.74, 6) is 0.0166. The number of thioether (sulfide) groups is 1. The number of nitrogens with one attached hydrogen (secondary N) is 2. The van der Waals surface area contributed by atoms with Gasteiger partial charge in [-0.3, -0.25) is 4.79 Å². The Bertz CT molecular complexity index is 560. The van der Waals surface area contributed by atoms with Crippen molar-refractivity contribution < 1.29 is 4.79 Å². The van der Waals surface area contributed by atoms with Gasteiger partial charge in [0, 0.05) is 22.2 Å². The Morgan fingerprint density at radius 2 is 2.21 bits per heavy atom. The number of para-hydroxylation sites is 1. The summed E-state index contributed by atoms with van der Waals surface area (Å²) in [6.07, 6.45) is 5.54. The van der Waals surface area contributed by atoms with E-state index in [9.17, 15) is 4.79 Å². The number of rotatable bonds is 3. The summed E-state index contributed by atoms with van der Waals surface area (Å²) in [6, 6.07) is 10.2. The average molecular weight is 274 g/mol. The molecule has 1 saturated carbocycles. The number of carbonyl (C=O) groups excluding carboxylic acids is 1. The zero-order chi connectivity index (χ0) is 13.2. The van der Waals surface area contributed by atoms with Crippen LogP contribution in [0, 0.1) is 0 Å². The Morgan fingerprint density at radius 1 is 1.37 bits per heavy atom. The van der Waals surface area contributed by atoms with Crippen molar-refractivity contribution in [2.45, 2.75) is 30.6 Å². The van der Waals surface area contributed by atoms with Crippen LogP contribution in [0.1, 0.15) is 29.8 Å². The highest BCUT2D eigenvalue weighted by molar-refractivity contribution is 7.99. The van der Waals surface area contributed by atoms with Gasteiger partial charge in [-0.15, -0.1) is 0 Å². The quantitative estimate of drug-likeness (QED) is 0.903. The number of hydrogen-bond acceptors (Lipinski definition) is 2. The van der Waals surface area contributed by atoms with Gasteiger partial charge in [0.05, 0.1) is 0 Å². The van der Waals surface area contributed by atoms with Crippen LogP contribution in [0.15, 0.2) is 30.3 Å². The topological polar surface area (TPSA) is 44.9 Å². The first-order valence-electron chi connectivity index (χ1n) is 6.67. The molecule has 1 aliphatic rings. The maximum absolute atomic E-state index is 12.2. The SMILES string of the molecule is CSC1CCC(NC(=O)c2cc3ccccc3[nH]2)C1. The third-order valence-electron chi connectivity index (χ3n) is 3.83. The van der Waals surface area contributed by atoms with Gasteiger partial charge in [-0.25, -0.2) is 0 Å². The molecule has 4 heteroatoms. The zero-order valence-electron chi connectivity index (χ0n) is 11.0. The van der Waals surface area contributed by atoms with E-state index in [0.717, 1.165) is 23.7 Å². The highest BCUT2D eigenvalue weighted by Gasteiger charge is 2.25. The van der Waals surface area contributed by atoms with Crippen molar-refractivity contribution >= 4 is 28.6 Å². The van der Waals surface area contributed by atoms with Crippen molar-refractivity contribution in [2.24, 2.45) is 0 Å². The molecule has 2 aromatic rings. The highest BCUT2D eigenvalue weighted by atomic mass is 32.2. The van der Waals surface area contributed by atoms with Gasteiger partial charge in [0.15, 0.2) is 0 Å².